The van der Waals surface area contributed by atoms with Gasteiger partial charge in [0.1, 0.15) is 0 Å². The van der Waals surface area contributed by atoms with E-state index < -0.39 is 0 Å². The Morgan fingerprint density at radius 2 is 2.10 bits per heavy atom. The molecule has 0 saturated heterocycles. The van der Waals surface area contributed by atoms with Gasteiger partial charge in [-0.05, 0) is 24.5 Å². The Kier molecular flexibility index (Phi) is 5.71. The number of guanidine groups is 1. The molecule has 1 aliphatic heterocycles. The summed E-state index contributed by atoms with van der Waals surface area (Å²) in [6.07, 6.45) is 5.96. The molecular weight excluding hydrogens is 248 g/mol. The molecule has 20 heavy (non-hydrogen) atoms. The van der Waals surface area contributed by atoms with Gasteiger partial charge in [0.25, 0.3) is 0 Å². The largest absolute Gasteiger partial charge is 0.380 e. The monoisotopic (exact) mass is 274 g/mol. The van der Waals surface area contributed by atoms with Gasteiger partial charge in [-0.3, -0.25) is 5.41 Å². The molecule has 1 atom stereocenters. The maximum absolute atomic E-state index is 7.84. The molecule has 0 aliphatic carbocycles. The molecule has 4 heteroatoms. The second kappa shape index (κ2) is 7.78. The second-order valence-electron chi connectivity index (χ2n) is 5.45. The van der Waals surface area contributed by atoms with Crippen molar-refractivity contribution in [3.05, 3.63) is 29.8 Å². The molecule has 1 aromatic carbocycles. The minimum Gasteiger partial charge on any atom is -0.380 e. The highest BCUT2D eigenvalue weighted by atomic mass is 15.1. The first-order chi connectivity index (χ1) is 9.79. The molecule has 0 radical (unpaired) electrons. The maximum atomic E-state index is 7.84. The number of para-hydroxylation sites is 1. The SMILES string of the molecule is CCCCCCNC(=N)NCC1Cc2ccccc2N1. The van der Waals surface area contributed by atoms with Gasteiger partial charge in [-0.25, -0.2) is 0 Å². The molecule has 1 unspecified atom stereocenters. The fourth-order valence-electron chi connectivity index (χ4n) is 2.55. The molecule has 2 rings (SSSR count). The first-order valence-corrected chi connectivity index (χ1v) is 7.70. The van der Waals surface area contributed by atoms with Crippen LogP contribution in [0.15, 0.2) is 24.3 Å². The molecule has 110 valence electrons. The Balaban J connectivity index is 1.59. The van der Waals surface area contributed by atoms with Crippen LogP contribution < -0.4 is 16.0 Å². The minimum absolute atomic E-state index is 0.384. The number of rotatable bonds is 7. The van der Waals surface area contributed by atoms with Crippen molar-refractivity contribution in [1.29, 1.82) is 5.41 Å². The molecule has 1 heterocycles. The third-order valence-corrected chi connectivity index (χ3v) is 3.70. The number of hydrogen-bond donors (Lipinski definition) is 4. The van der Waals surface area contributed by atoms with E-state index in [1.54, 1.807) is 0 Å². The summed E-state index contributed by atoms with van der Waals surface area (Å²) >= 11 is 0. The molecule has 1 aromatic rings. The van der Waals surface area contributed by atoms with Gasteiger partial charge in [-0.2, -0.15) is 0 Å². The number of benzene rings is 1. The van der Waals surface area contributed by atoms with Crippen LogP contribution in [0.5, 0.6) is 0 Å². The van der Waals surface area contributed by atoms with Crippen molar-refractivity contribution >= 4 is 11.6 Å². The molecule has 4 nitrogen and oxygen atoms in total. The number of anilines is 1. The summed E-state index contributed by atoms with van der Waals surface area (Å²) in [5, 5.41) is 17.6. The molecule has 0 bridgehead atoms. The summed E-state index contributed by atoms with van der Waals surface area (Å²) < 4.78 is 0. The van der Waals surface area contributed by atoms with Gasteiger partial charge in [0, 0.05) is 24.8 Å². The van der Waals surface area contributed by atoms with Crippen molar-refractivity contribution in [2.24, 2.45) is 0 Å². The van der Waals surface area contributed by atoms with Crippen LogP contribution in [0.3, 0.4) is 0 Å². The highest BCUT2D eigenvalue weighted by Crippen LogP contribution is 2.24. The number of nitrogens with one attached hydrogen (secondary N) is 4. The van der Waals surface area contributed by atoms with E-state index in [0.29, 0.717) is 12.0 Å². The van der Waals surface area contributed by atoms with E-state index >= 15 is 0 Å². The van der Waals surface area contributed by atoms with Gasteiger partial charge in [0.05, 0.1) is 0 Å². The van der Waals surface area contributed by atoms with Crippen molar-refractivity contribution < 1.29 is 0 Å². The third-order valence-electron chi connectivity index (χ3n) is 3.70. The summed E-state index contributed by atoms with van der Waals surface area (Å²) in [6, 6.07) is 8.80. The van der Waals surface area contributed by atoms with Crippen LogP contribution in [0.4, 0.5) is 5.69 Å². The molecule has 0 aromatic heterocycles. The van der Waals surface area contributed by atoms with Crippen molar-refractivity contribution in [3.8, 4) is 0 Å². The van der Waals surface area contributed by atoms with E-state index in [2.05, 4.69) is 47.1 Å². The van der Waals surface area contributed by atoms with Crippen molar-refractivity contribution in [2.75, 3.05) is 18.4 Å². The quantitative estimate of drug-likeness (QED) is 0.351. The zero-order valence-corrected chi connectivity index (χ0v) is 12.3. The molecule has 0 saturated carbocycles. The van der Waals surface area contributed by atoms with Crippen LogP contribution in [0.25, 0.3) is 0 Å². The van der Waals surface area contributed by atoms with E-state index in [0.717, 1.165) is 25.9 Å². The first kappa shape index (κ1) is 14.7. The van der Waals surface area contributed by atoms with Gasteiger partial charge >= 0.3 is 0 Å². The number of hydrogen-bond acceptors (Lipinski definition) is 2. The zero-order valence-electron chi connectivity index (χ0n) is 12.3. The van der Waals surface area contributed by atoms with Crippen LogP contribution in [0, 0.1) is 5.41 Å². The molecule has 0 amide bonds. The Morgan fingerprint density at radius 3 is 2.90 bits per heavy atom. The van der Waals surface area contributed by atoms with E-state index in [9.17, 15) is 0 Å². The Hall–Kier alpha value is -1.71. The fraction of sp³-hybridized carbons (Fsp3) is 0.562. The van der Waals surface area contributed by atoms with Crippen LogP contribution >= 0.6 is 0 Å². The molecular formula is C16H26N4. The molecule has 4 N–H and O–H groups in total. The lowest BCUT2D eigenvalue weighted by Crippen LogP contribution is -2.42. The number of unbranched alkanes of at least 4 members (excludes halogenated alkanes) is 3. The lowest BCUT2D eigenvalue weighted by molar-refractivity contribution is 0.639. The normalized spacial score (nSPS) is 16.4. The lowest BCUT2D eigenvalue weighted by atomic mass is 10.1. The predicted octanol–water partition coefficient (Wildman–Crippen LogP) is 2.72. The molecule has 0 fully saturated rings. The van der Waals surface area contributed by atoms with Crippen LogP contribution in [0.1, 0.15) is 38.2 Å². The lowest BCUT2D eigenvalue weighted by Gasteiger charge is -2.15. The standard InChI is InChI=1S/C16H26N4/c1-2-3-4-7-10-18-16(17)19-12-14-11-13-8-5-6-9-15(13)20-14/h5-6,8-9,14,20H,2-4,7,10-12H2,1H3,(H3,17,18,19). The average molecular weight is 274 g/mol. The highest BCUT2D eigenvalue weighted by molar-refractivity contribution is 5.76. The van der Waals surface area contributed by atoms with Gasteiger partial charge in [-0.1, -0.05) is 44.4 Å². The Morgan fingerprint density at radius 1 is 1.25 bits per heavy atom. The van der Waals surface area contributed by atoms with Crippen molar-refractivity contribution in [2.45, 2.75) is 45.1 Å². The smallest absolute Gasteiger partial charge is 0.188 e. The van der Waals surface area contributed by atoms with Gasteiger partial charge in [0.2, 0.25) is 0 Å². The third kappa shape index (κ3) is 4.44. The average Bonchev–Trinajstić information content (AvgIpc) is 2.88. The van der Waals surface area contributed by atoms with Crippen LogP contribution in [-0.4, -0.2) is 25.1 Å². The first-order valence-electron chi connectivity index (χ1n) is 7.70. The van der Waals surface area contributed by atoms with Gasteiger partial charge in [-0.15, -0.1) is 0 Å². The van der Waals surface area contributed by atoms with E-state index in [1.807, 2.05) is 0 Å². The van der Waals surface area contributed by atoms with E-state index in [-0.39, 0.29) is 0 Å². The number of fused-ring (bicyclic) bond motifs is 1. The predicted molar refractivity (Wildman–Crippen MR) is 85.4 cm³/mol. The Labute approximate surface area is 121 Å². The van der Waals surface area contributed by atoms with E-state index in [4.69, 9.17) is 5.41 Å². The second-order valence-corrected chi connectivity index (χ2v) is 5.45. The van der Waals surface area contributed by atoms with Crippen LogP contribution in [0.2, 0.25) is 0 Å². The fourth-order valence-corrected chi connectivity index (χ4v) is 2.55. The maximum Gasteiger partial charge on any atom is 0.188 e. The molecule has 0 spiro atoms. The minimum atomic E-state index is 0.384. The van der Waals surface area contributed by atoms with Gasteiger partial charge < -0.3 is 16.0 Å². The van der Waals surface area contributed by atoms with E-state index in [1.165, 1.54) is 30.5 Å². The zero-order chi connectivity index (χ0) is 14.2. The summed E-state index contributed by atoms with van der Waals surface area (Å²) in [5.74, 6) is 0.444. The summed E-state index contributed by atoms with van der Waals surface area (Å²) in [4.78, 5) is 0. The van der Waals surface area contributed by atoms with Crippen LogP contribution in [-0.2, 0) is 6.42 Å². The summed E-state index contributed by atoms with van der Waals surface area (Å²) in [6.45, 7) is 3.89. The highest BCUT2D eigenvalue weighted by Gasteiger charge is 2.19. The van der Waals surface area contributed by atoms with Crippen molar-refractivity contribution in [1.82, 2.24) is 10.6 Å². The van der Waals surface area contributed by atoms with Gasteiger partial charge in [0.15, 0.2) is 5.96 Å². The Bertz CT molecular complexity index is 405. The summed E-state index contributed by atoms with van der Waals surface area (Å²) in [5.41, 5.74) is 2.61. The summed E-state index contributed by atoms with van der Waals surface area (Å²) in [7, 11) is 0. The topological polar surface area (TPSA) is 59.9 Å². The van der Waals surface area contributed by atoms with Crippen molar-refractivity contribution in [3.63, 3.8) is 0 Å². The molecule has 1 aliphatic rings.